The summed E-state index contributed by atoms with van der Waals surface area (Å²) in [5.41, 5.74) is 1.29. The maximum Gasteiger partial charge on any atom is 0.251 e. The molecule has 31 heavy (non-hydrogen) atoms. The lowest BCUT2D eigenvalue weighted by atomic mass is 10.1. The molecule has 0 saturated carbocycles. The van der Waals surface area contributed by atoms with Crippen molar-refractivity contribution in [3.05, 3.63) is 96.1 Å². The van der Waals surface area contributed by atoms with E-state index >= 15 is 0 Å². The molecule has 0 aliphatic heterocycles. The van der Waals surface area contributed by atoms with E-state index in [1.54, 1.807) is 54.6 Å². The lowest BCUT2D eigenvalue weighted by Gasteiger charge is -2.18. The molecule has 6 nitrogen and oxygen atoms in total. The maximum atomic E-state index is 12.6. The Morgan fingerprint density at radius 3 is 2.13 bits per heavy atom. The molecule has 1 N–H and O–H groups in total. The summed E-state index contributed by atoms with van der Waals surface area (Å²) in [5.74, 6) is 0.545. The van der Waals surface area contributed by atoms with E-state index in [0.717, 1.165) is 11.3 Å². The van der Waals surface area contributed by atoms with Crippen LogP contribution in [0.25, 0.3) is 0 Å². The molecule has 3 rings (SSSR count). The summed E-state index contributed by atoms with van der Waals surface area (Å²) in [6.45, 7) is 2.44. The number of hydrogen-bond acceptors (Lipinski definition) is 4. The van der Waals surface area contributed by atoms with Crippen LogP contribution in [0.2, 0.25) is 0 Å². The summed E-state index contributed by atoms with van der Waals surface area (Å²) in [6, 6.07) is 24.5. The molecule has 0 aliphatic rings. The average Bonchev–Trinajstić information content (AvgIpc) is 2.79. The molecular weight excluding hydrogens is 412 g/mol. The zero-order valence-corrected chi connectivity index (χ0v) is 18.4. The van der Waals surface area contributed by atoms with Gasteiger partial charge in [-0.3, -0.25) is 4.79 Å². The van der Waals surface area contributed by atoms with Crippen molar-refractivity contribution >= 4 is 15.9 Å². The van der Waals surface area contributed by atoms with Crippen molar-refractivity contribution in [1.82, 2.24) is 9.62 Å². The smallest absolute Gasteiger partial charge is 0.251 e. The zero-order valence-electron chi connectivity index (χ0n) is 17.6. The second-order valence-electron chi connectivity index (χ2n) is 7.27. The van der Waals surface area contributed by atoms with Gasteiger partial charge in [0, 0.05) is 19.2 Å². The first-order valence-corrected chi connectivity index (χ1v) is 11.4. The van der Waals surface area contributed by atoms with Gasteiger partial charge in [-0.05, 0) is 48.9 Å². The van der Waals surface area contributed by atoms with Crippen LogP contribution < -0.4 is 10.1 Å². The number of carbonyl (C=O) groups is 1. The molecule has 0 saturated heterocycles. The molecular formula is C24H26N2O4S. The fraction of sp³-hybridized carbons (Fsp3) is 0.208. The second kappa shape index (κ2) is 10.2. The van der Waals surface area contributed by atoms with Gasteiger partial charge >= 0.3 is 0 Å². The molecule has 0 bridgehead atoms. The number of nitrogens with one attached hydrogen (secondary N) is 1. The van der Waals surface area contributed by atoms with Crippen molar-refractivity contribution < 1.29 is 17.9 Å². The van der Waals surface area contributed by atoms with Crippen LogP contribution in [0.3, 0.4) is 0 Å². The molecule has 0 radical (unpaired) electrons. The fourth-order valence-electron chi connectivity index (χ4n) is 2.96. The van der Waals surface area contributed by atoms with Gasteiger partial charge in [-0.25, -0.2) is 8.42 Å². The number of para-hydroxylation sites is 1. The van der Waals surface area contributed by atoms with Gasteiger partial charge in [0.1, 0.15) is 12.4 Å². The van der Waals surface area contributed by atoms with E-state index in [2.05, 4.69) is 5.32 Å². The molecule has 0 spiro atoms. The van der Waals surface area contributed by atoms with Crippen molar-refractivity contribution in [2.45, 2.75) is 24.4 Å². The van der Waals surface area contributed by atoms with Gasteiger partial charge in [0.15, 0.2) is 0 Å². The number of amides is 1. The van der Waals surface area contributed by atoms with Crippen LogP contribution in [-0.4, -0.2) is 38.3 Å². The van der Waals surface area contributed by atoms with Crippen LogP contribution in [0.1, 0.15) is 22.8 Å². The number of nitrogens with zero attached hydrogens (tertiary/aromatic N) is 1. The van der Waals surface area contributed by atoms with Crippen molar-refractivity contribution in [3.8, 4) is 5.75 Å². The molecule has 3 aromatic carbocycles. The number of benzene rings is 3. The normalized spacial score (nSPS) is 12.4. The first kappa shape index (κ1) is 22.5. The van der Waals surface area contributed by atoms with Crippen molar-refractivity contribution in [2.24, 2.45) is 0 Å². The topological polar surface area (TPSA) is 75.7 Å². The SMILES string of the molecule is CC(COc1ccccc1)NC(=O)c1ccc(CN(C)S(=O)(=O)c2ccccc2)cc1. The van der Waals surface area contributed by atoms with Crippen LogP contribution in [0.5, 0.6) is 5.75 Å². The van der Waals surface area contributed by atoms with Gasteiger partial charge in [-0.15, -0.1) is 0 Å². The first-order chi connectivity index (χ1) is 14.9. The minimum atomic E-state index is -3.57. The van der Waals surface area contributed by atoms with Gasteiger partial charge in [0.25, 0.3) is 5.91 Å². The fourth-order valence-corrected chi connectivity index (χ4v) is 4.14. The number of rotatable bonds is 9. The number of ether oxygens (including phenoxy) is 1. The standard InChI is InChI=1S/C24H26N2O4S/c1-19(18-30-22-9-5-3-6-10-22)25-24(27)21-15-13-20(14-16-21)17-26(2)31(28,29)23-11-7-4-8-12-23/h3-16,19H,17-18H2,1-2H3,(H,25,27). The van der Waals surface area contributed by atoms with E-state index in [0.29, 0.717) is 12.2 Å². The lowest BCUT2D eigenvalue weighted by molar-refractivity contribution is 0.0926. The van der Waals surface area contributed by atoms with E-state index in [1.165, 1.54) is 11.4 Å². The van der Waals surface area contributed by atoms with Crippen molar-refractivity contribution in [2.75, 3.05) is 13.7 Å². The van der Waals surface area contributed by atoms with Crippen molar-refractivity contribution in [3.63, 3.8) is 0 Å². The third kappa shape index (κ3) is 6.16. The average molecular weight is 439 g/mol. The highest BCUT2D eigenvalue weighted by atomic mass is 32.2. The molecule has 0 aliphatic carbocycles. The maximum absolute atomic E-state index is 12.6. The van der Waals surface area contributed by atoms with E-state index in [1.807, 2.05) is 37.3 Å². The summed E-state index contributed by atoms with van der Waals surface area (Å²) in [4.78, 5) is 12.7. The van der Waals surface area contributed by atoms with Crippen LogP contribution in [0, 0.1) is 0 Å². The molecule has 1 amide bonds. The Kier molecular flexibility index (Phi) is 7.44. The molecule has 162 valence electrons. The number of hydrogen-bond donors (Lipinski definition) is 1. The van der Waals surface area contributed by atoms with Crippen molar-refractivity contribution in [1.29, 1.82) is 0 Å². The van der Waals surface area contributed by atoms with Gasteiger partial charge < -0.3 is 10.1 Å². The predicted octanol–water partition coefficient (Wildman–Crippen LogP) is 3.70. The zero-order chi connectivity index (χ0) is 22.3. The van der Waals surface area contributed by atoms with Gasteiger partial charge in [-0.2, -0.15) is 4.31 Å². The summed E-state index contributed by atoms with van der Waals surface area (Å²) in [6.07, 6.45) is 0. The molecule has 7 heteroatoms. The third-order valence-corrected chi connectivity index (χ3v) is 6.51. The van der Waals surface area contributed by atoms with E-state index in [9.17, 15) is 13.2 Å². The molecule has 0 aromatic heterocycles. The Hall–Kier alpha value is -3.16. The Morgan fingerprint density at radius 2 is 1.52 bits per heavy atom. The Balaban J connectivity index is 1.55. The third-order valence-electron chi connectivity index (χ3n) is 4.69. The first-order valence-electron chi connectivity index (χ1n) is 9.95. The summed E-state index contributed by atoms with van der Waals surface area (Å²) >= 11 is 0. The molecule has 0 heterocycles. The van der Waals surface area contributed by atoms with E-state index < -0.39 is 10.0 Å². The van der Waals surface area contributed by atoms with Gasteiger partial charge in [0.05, 0.1) is 10.9 Å². The molecule has 1 unspecified atom stereocenters. The summed E-state index contributed by atoms with van der Waals surface area (Å²) in [7, 11) is -2.03. The largest absolute Gasteiger partial charge is 0.491 e. The monoisotopic (exact) mass is 438 g/mol. The minimum absolute atomic E-state index is 0.172. The molecule has 3 aromatic rings. The molecule has 0 fully saturated rings. The second-order valence-corrected chi connectivity index (χ2v) is 9.31. The van der Waals surface area contributed by atoms with Gasteiger partial charge in [0.2, 0.25) is 10.0 Å². The predicted molar refractivity (Wildman–Crippen MR) is 120 cm³/mol. The van der Waals surface area contributed by atoms with Crippen LogP contribution in [0.4, 0.5) is 0 Å². The Labute approximate surface area is 183 Å². The van der Waals surface area contributed by atoms with Crippen LogP contribution in [0.15, 0.2) is 89.8 Å². The quantitative estimate of drug-likeness (QED) is 0.553. The Bertz CT molecular complexity index is 1090. The number of carbonyl (C=O) groups excluding carboxylic acids is 1. The molecule has 1 atom stereocenters. The number of sulfonamides is 1. The highest BCUT2D eigenvalue weighted by Gasteiger charge is 2.20. The summed E-state index contributed by atoms with van der Waals surface area (Å²) < 4.78 is 32.2. The van der Waals surface area contributed by atoms with E-state index in [-0.39, 0.29) is 23.4 Å². The lowest BCUT2D eigenvalue weighted by Crippen LogP contribution is -2.36. The highest BCUT2D eigenvalue weighted by molar-refractivity contribution is 7.89. The van der Waals surface area contributed by atoms with Gasteiger partial charge in [-0.1, -0.05) is 48.5 Å². The Morgan fingerprint density at radius 1 is 0.935 bits per heavy atom. The highest BCUT2D eigenvalue weighted by Crippen LogP contribution is 2.17. The van der Waals surface area contributed by atoms with Crippen LogP contribution >= 0.6 is 0 Å². The summed E-state index contributed by atoms with van der Waals surface area (Å²) in [5, 5.41) is 2.90. The van der Waals surface area contributed by atoms with Crippen LogP contribution in [-0.2, 0) is 16.6 Å². The minimum Gasteiger partial charge on any atom is -0.491 e. The van der Waals surface area contributed by atoms with E-state index in [4.69, 9.17) is 4.74 Å².